The molecule has 0 bridgehead atoms. The molecule has 3 heterocycles. The number of fused-ring (bicyclic) bond motifs is 5. The van der Waals surface area contributed by atoms with Crippen molar-refractivity contribution in [1.29, 1.82) is 0 Å². The van der Waals surface area contributed by atoms with Crippen LogP contribution in [0.15, 0.2) is 200 Å². The molecule has 0 unspecified atom stereocenters. The maximum Gasteiger partial charge on any atom is 0.160 e. The number of aromatic nitrogens is 5. The molecule has 0 saturated carbocycles. The fourth-order valence-corrected chi connectivity index (χ4v) is 8.18. The van der Waals surface area contributed by atoms with E-state index in [2.05, 4.69) is 152 Å². The average Bonchev–Trinajstić information content (AvgIpc) is 3.31. The quantitative estimate of drug-likeness (QED) is 0.159. The minimum absolute atomic E-state index is 0.623. The van der Waals surface area contributed by atoms with Crippen molar-refractivity contribution in [2.75, 3.05) is 0 Å². The Labute approximate surface area is 335 Å². The smallest absolute Gasteiger partial charge is 0.160 e. The fourth-order valence-electron chi connectivity index (χ4n) is 8.18. The molecular weight excluding hydrogens is 707 g/mol. The van der Waals surface area contributed by atoms with Crippen LogP contribution in [0.4, 0.5) is 0 Å². The molecule has 0 radical (unpaired) electrons. The lowest BCUT2D eigenvalue weighted by molar-refractivity contribution is 1.22. The van der Waals surface area contributed by atoms with Gasteiger partial charge in [0.1, 0.15) is 0 Å². The molecule has 3 aromatic heterocycles. The van der Waals surface area contributed by atoms with E-state index in [-0.39, 0.29) is 0 Å². The Kier molecular flexibility index (Phi) is 8.07. The Morgan fingerprint density at radius 3 is 1.59 bits per heavy atom. The molecule has 8 aromatic carbocycles. The molecule has 5 heteroatoms. The largest absolute Gasteiger partial charge is 0.255 e. The van der Waals surface area contributed by atoms with E-state index < -0.39 is 0 Å². The van der Waals surface area contributed by atoms with Gasteiger partial charge in [-0.1, -0.05) is 176 Å². The van der Waals surface area contributed by atoms with E-state index in [1.54, 1.807) is 0 Å². The van der Waals surface area contributed by atoms with Gasteiger partial charge < -0.3 is 0 Å². The predicted octanol–water partition coefficient (Wildman–Crippen LogP) is 13.3. The van der Waals surface area contributed by atoms with Crippen LogP contribution in [0, 0.1) is 0 Å². The molecule has 0 fully saturated rings. The molecule has 58 heavy (non-hydrogen) atoms. The highest BCUT2D eigenvalue weighted by Gasteiger charge is 2.24. The van der Waals surface area contributed by atoms with Crippen LogP contribution in [0.5, 0.6) is 0 Å². The Bertz CT molecular complexity index is 3310. The molecule has 0 N–H and O–H groups in total. The van der Waals surface area contributed by atoms with Gasteiger partial charge in [-0.3, -0.25) is 4.98 Å². The lowest BCUT2D eigenvalue weighted by Crippen LogP contribution is -2.01. The molecule has 0 amide bonds. The SMILES string of the molecule is c1ccc(-c2nc(-c3ccc(-c4nc(-c5ccc6ccccc6c5)c5c(n4)c(-c4ccccc4)c(-c4ccccc4)c4cccnc45)cc3)nc3ccccc23)cc1. The normalized spacial score (nSPS) is 11.4. The van der Waals surface area contributed by atoms with Crippen LogP contribution >= 0.6 is 0 Å². The highest BCUT2D eigenvalue weighted by Crippen LogP contribution is 2.46. The second-order valence-electron chi connectivity index (χ2n) is 14.4. The molecular formula is C53H33N5. The number of pyridine rings is 1. The third-order valence-corrected chi connectivity index (χ3v) is 10.9. The molecule has 0 aliphatic rings. The van der Waals surface area contributed by atoms with Gasteiger partial charge in [-0.25, -0.2) is 19.9 Å². The lowest BCUT2D eigenvalue weighted by Gasteiger charge is -2.20. The topological polar surface area (TPSA) is 64.5 Å². The van der Waals surface area contributed by atoms with Gasteiger partial charge in [0.15, 0.2) is 11.6 Å². The van der Waals surface area contributed by atoms with E-state index in [4.69, 9.17) is 24.9 Å². The summed E-state index contributed by atoms with van der Waals surface area (Å²) < 4.78 is 0. The Morgan fingerprint density at radius 1 is 0.310 bits per heavy atom. The second kappa shape index (κ2) is 14.0. The van der Waals surface area contributed by atoms with E-state index in [1.165, 1.54) is 5.39 Å². The van der Waals surface area contributed by atoms with Crippen LogP contribution in [-0.4, -0.2) is 24.9 Å². The van der Waals surface area contributed by atoms with E-state index in [0.717, 1.165) is 94.0 Å². The van der Waals surface area contributed by atoms with Crippen molar-refractivity contribution < 1.29 is 0 Å². The van der Waals surface area contributed by atoms with Gasteiger partial charge in [0.25, 0.3) is 0 Å². The van der Waals surface area contributed by atoms with Gasteiger partial charge in [0.2, 0.25) is 0 Å². The standard InChI is InChI=1S/C53H33N5/c1-4-16-35(17-5-1)45-43-24-14-32-54-50(43)47-49(41-31-26-34-15-10-11-22-40(34)33-41)57-53(58-51(47)46(45)36-18-6-2-7-19-36)39-29-27-38(28-30-39)52-55-44-25-13-12-23-42(44)48(56-52)37-20-8-3-9-21-37/h1-33H. The first-order chi connectivity index (χ1) is 28.8. The summed E-state index contributed by atoms with van der Waals surface area (Å²) in [6, 6.07) is 67.2. The highest BCUT2D eigenvalue weighted by molar-refractivity contribution is 6.22. The zero-order valence-corrected chi connectivity index (χ0v) is 31.3. The second-order valence-corrected chi connectivity index (χ2v) is 14.4. The van der Waals surface area contributed by atoms with Crippen LogP contribution in [0.1, 0.15) is 0 Å². The summed E-state index contributed by atoms with van der Waals surface area (Å²) in [5.41, 5.74) is 12.5. The van der Waals surface area contributed by atoms with Gasteiger partial charge in [0, 0.05) is 50.4 Å². The van der Waals surface area contributed by atoms with Crippen LogP contribution in [0.25, 0.3) is 111 Å². The van der Waals surface area contributed by atoms with E-state index in [9.17, 15) is 0 Å². The van der Waals surface area contributed by atoms with Gasteiger partial charge in [-0.2, -0.15) is 0 Å². The zero-order valence-electron chi connectivity index (χ0n) is 31.3. The first-order valence-electron chi connectivity index (χ1n) is 19.4. The third kappa shape index (κ3) is 5.76. The first kappa shape index (κ1) is 33.4. The van der Waals surface area contributed by atoms with E-state index >= 15 is 0 Å². The van der Waals surface area contributed by atoms with Gasteiger partial charge in [-0.15, -0.1) is 0 Å². The monoisotopic (exact) mass is 739 g/mol. The van der Waals surface area contributed by atoms with Crippen molar-refractivity contribution in [3.63, 3.8) is 0 Å². The van der Waals surface area contributed by atoms with E-state index in [1.807, 2.05) is 48.7 Å². The minimum atomic E-state index is 0.623. The fraction of sp³-hybridized carbons (Fsp3) is 0. The summed E-state index contributed by atoms with van der Waals surface area (Å²) in [6.07, 6.45) is 1.87. The van der Waals surface area contributed by atoms with Gasteiger partial charge in [0.05, 0.1) is 33.3 Å². The number of nitrogens with zero attached hydrogens (tertiary/aromatic N) is 5. The van der Waals surface area contributed by atoms with Gasteiger partial charge in [-0.05, 0) is 40.1 Å². The van der Waals surface area contributed by atoms with Crippen LogP contribution in [-0.2, 0) is 0 Å². The van der Waals surface area contributed by atoms with Crippen LogP contribution in [0.3, 0.4) is 0 Å². The van der Waals surface area contributed by atoms with Gasteiger partial charge >= 0.3 is 0 Å². The molecule has 0 saturated heterocycles. The number of hydrogen-bond donors (Lipinski definition) is 0. The summed E-state index contributed by atoms with van der Waals surface area (Å²) >= 11 is 0. The highest BCUT2D eigenvalue weighted by atomic mass is 14.9. The zero-order chi connectivity index (χ0) is 38.4. The minimum Gasteiger partial charge on any atom is -0.255 e. The number of hydrogen-bond acceptors (Lipinski definition) is 5. The molecule has 270 valence electrons. The summed E-state index contributed by atoms with van der Waals surface area (Å²) in [6.45, 7) is 0. The number of rotatable bonds is 6. The average molecular weight is 740 g/mol. The summed E-state index contributed by atoms with van der Waals surface area (Å²) in [7, 11) is 0. The Balaban J connectivity index is 1.18. The van der Waals surface area contributed by atoms with Crippen molar-refractivity contribution in [3.05, 3.63) is 200 Å². The van der Waals surface area contributed by atoms with Crippen molar-refractivity contribution in [2.24, 2.45) is 0 Å². The first-order valence-corrected chi connectivity index (χ1v) is 19.4. The van der Waals surface area contributed by atoms with Crippen LogP contribution in [0.2, 0.25) is 0 Å². The maximum absolute atomic E-state index is 5.52. The molecule has 0 atom stereocenters. The predicted molar refractivity (Wildman–Crippen MR) is 238 cm³/mol. The van der Waals surface area contributed by atoms with Crippen LogP contribution < -0.4 is 0 Å². The number of para-hydroxylation sites is 1. The Morgan fingerprint density at radius 2 is 0.862 bits per heavy atom. The molecule has 5 nitrogen and oxygen atoms in total. The molecule has 11 aromatic rings. The van der Waals surface area contributed by atoms with Crippen molar-refractivity contribution in [3.8, 4) is 67.5 Å². The van der Waals surface area contributed by atoms with Crippen molar-refractivity contribution in [2.45, 2.75) is 0 Å². The van der Waals surface area contributed by atoms with Crippen molar-refractivity contribution in [1.82, 2.24) is 24.9 Å². The molecule has 0 spiro atoms. The molecule has 0 aliphatic heterocycles. The number of benzene rings is 8. The molecule has 0 aliphatic carbocycles. The summed E-state index contributed by atoms with van der Waals surface area (Å²) in [5.74, 6) is 1.29. The summed E-state index contributed by atoms with van der Waals surface area (Å²) in [5, 5.41) is 5.30. The summed E-state index contributed by atoms with van der Waals surface area (Å²) in [4.78, 5) is 26.2. The Hall–Kier alpha value is -7.89. The maximum atomic E-state index is 5.52. The molecule has 11 rings (SSSR count). The third-order valence-electron chi connectivity index (χ3n) is 10.9. The lowest BCUT2D eigenvalue weighted by atomic mass is 9.87. The van der Waals surface area contributed by atoms with Crippen molar-refractivity contribution >= 4 is 43.5 Å². The van der Waals surface area contributed by atoms with E-state index in [0.29, 0.717) is 11.6 Å².